The first-order valence-corrected chi connectivity index (χ1v) is 7.72. The van der Waals surface area contributed by atoms with Crippen molar-refractivity contribution in [1.82, 2.24) is 4.90 Å². The van der Waals surface area contributed by atoms with Crippen LogP contribution in [0.5, 0.6) is 0 Å². The summed E-state index contributed by atoms with van der Waals surface area (Å²) >= 11 is 0. The van der Waals surface area contributed by atoms with Crippen molar-refractivity contribution < 1.29 is 8.78 Å². The van der Waals surface area contributed by atoms with Crippen molar-refractivity contribution in [3.05, 3.63) is 13.2 Å². The van der Waals surface area contributed by atoms with Gasteiger partial charge in [-0.15, -0.1) is 13.2 Å². The van der Waals surface area contributed by atoms with Gasteiger partial charge < -0.3 is 4.90 Å². The monoisotopic (exact) mass is 275 g/mol. The van der Waals surface area contributed by atoms with E-state index in [2.05, 4.69) is 25.0 Å². The Balaban J connectivity index is 0.000000741. The van der Waals surface area contributed by atoms with Gasteiger partial charge in [0.2, 0.25) is 0 Å². The van der Waals surface area contributed by atoms with E-state index in [-0.39, 0.29) is 12.3 Å². The van der Waals surface area contributed by atoms with Gasteiger partial charge in [0.05, 0.1) is 0 Å². The molecule has 2 aliphatic rings. The highest BCUT2D eigenvalue weighted by molar-refractivity contribution is 4.97. The summed E-state index contributed by atoms with van der Waals surface area (Å²) in [4.78, 5) is 2.24. The van der Waals surface area contributed by atoms with Crippen LogP contribution in [-0.4, -0.2) is 30.5 Å². The molecule has 3 heteroatoms. The first-order chi connectivity index (χ1) is 9.12. The van der Waals surface area contributed by atoms with Crippen LogP contribution in [0.4, 0.5) is 8.78 Å². The molecule has 2 rings (SSSR count). The lowest BCUT2D eigenvalue weighted by Gasteiger charge is -2.15. The van der Waals surface area contributed by atoms with Crippen LogP contribution in [0.1, 0.15) is 52.9 Å². The molecule has 0 aromatic heterocycles. The Hall–Kier alpha value is -0.440. The third kappa shape index (κ3) is 6.51. The summed E-state index contributed by atoms with van der Waals surface area (Å²) in [6.07, 6.45) is 5.17. The molecule has 114 valence electrons. The lowest BCUT2D eigenvalue weighted by molar-refractivity contribution is 0.0895. The molecule has 1 heterocycles. The van der Waals surface area contributed by atoms with E-state index in [1.807, 2.05) is 13.8 Å². The lowest BCUT2D eigenvalue weighted by atomic mass is 10.0. The molecule has 0 bridgehead atoms. The second kappa shape index (κ2) is 9.46. The molecule has 1 saturated carbocycles. The Kier molecular flexibility index (Phi) is 9.24. The first-order valence-electron chi connectivity index (χ1n) is 7.72. The largest absolute Gasteiger partial charge is 0.303 e. The Morgan fingerprint density at radius 3 is 2.32 bits per heavy atom. The maximum Gasteiger partial charge on any atom is 0.252 e. The Morgan fingerprint density at radius 1 is 1.26 bits per heavy atom. The number of hydrogen-bond acceptors (Lipinski definition) is 1. The summed E-state index contributed by atoms with van der Waals surface area (Å²) in [6.45, 7) is 14.9. The van der Waals surface area contributed by atoms with Crippen LogP contribution in [0.3, 0.4) is 0 Å². The molecular formula is C16H31F2N. The van der Waals surface area contributed by atoms with Crippen LogP contribution in [0.15, 0.2) is 13.2 Å². The van der Waals surface area contributed by atoms with E-state index in [0.717, 1.165) is 19.0 Å². The van der Waals surface area contributed by atoms with Crippen LogP contribution in [0, 0.1) is 11.8 Å². The number of rotatable bonds is 5. The van der Waals surface area contributed by atoms with Crippen molar-refractivity contribution in [2.45, 2.75) is 58.8 Å². The first kappa shape index (κ1) is 18.6. The van der Waals surface area contributed by atoms with Crippen LogP contribution in [-0.2, 0) is 0 Å². The Morgan fingerprint density at radius 2 is 1.84 bits per heavy atom. The minimum Gasteiger partial charge on any atom is -0.303 e. The molecule has 2 fully saturated rings. The molecule has 1 saturated heterocycles. The SMILES string of the molecule is C=C.CC.CCCC[C@H]1CCN(CC2CC2(F)F)C1. The average Bonchev–Trinajstić information content (AvgIpc) is 2.82. The molecule has 0 spiro atoms. The fraction of sp³-hybridized carbons (Fsp3) is 0.875. The van der Waals surface area contributed by atoms with Gasteiger partial charge in [-0.25, -0.2) is 8.78 Å². The predicted octanol–water partition coefficient (Wildman–Crippen LogP) is 4.98. The van der Waals surface area contributed by atoms with Gasteiger partial charge in [0.15, 0.2) is 0 Å². The van der Waals surface area contributed by atoms with Gasteiger partial charge in [0.1, 0.15) is 0 Å². The number of hydrogen-bond donors (Lipinski definition) is 0. The van der Waals surface area contributed by atoms with Gasteiger partial charge in [-0.3, -0.25) is 0 Å². The fourth-order valence-corrected chi connectivity index (χ4v) is 2.59. The normalized spacial score (nSPS) is 27.8. The van der Waals surface area contributed by atoms with E-state index < -0.39 is 5.92 Å². The number of likely N-dealkylation sites (tertiary alicyclic amines) is 1. The average molecular weight is 275 g/mol. The molecule has 0 radical (unpaired) electrons. The van der Waals surface area contributed by atoms with Crippen LogP contribution >= 0.6 is 0 Å². The molecule has 1 nitrogen and oxygen atoms in total. The highest BCUT2D eigenvalue weighted by Gasteiger charge is 2.57. The zero-order chi connectivity index (χ0) is 14.9. The van der Waals surface area contributed by atoms with Gasteiger partial charge in [-0.2, -0.15) is 0 Å². The summed E-state index contributed by atoms with van der Waals surface area (Å²) in [5.74, 6) is -1.89. The highest BCUT2D eigenvalue weighted by Crippen LogP contribution is 2.49. The molecule has 1 aliphatic heterocycles. The number of nitrogens with zero attached hydrogens (tertiary/aromatic N) is 1. The van der Waals surface area contributed by atoms with Gasteiger partial charge in [-0.05, 0) is 25.3 Å². The summed E-state index contributed by atoms with van der Waals surface area (Å²) < 4.78 is 25.4. The number of alkyl halides is 2. The van der Waals surface area contributed by atoms with E-state index in [0.29, 0.717) is 6.54 Å². The Bertz CT molecular complexity index is 231. The van der Waals surface area contributed by atoms with E-state index in [4.69, 9.17) is 0 Å². The molecule has 0 N–H and O–H groups in total. The van der Waals surface area contributed by atoms with Gasteiger partial charge >= 0.3 is 0 Å². The highest BCUT2D eigenvalue weighted by atomic mass is 19.3. The molecule has 1 unspecified atom stereocenters. The number of unbranched alkanes of at least 4 members (excludes halogenated alkanes) is 1. The quantitative estimate of drug-likeness (QED) is 0.639. The molecular weight excluding hydrogens is 244 g/mol. The standard InChI is InChI=1S/C12H21F2N.C2H6.C2H4/c1-2-3-4-10-5-6-15(8-10)9-11-7-12(11,13)14;2*1-2/h10-11H,2-9H2,1H3;1-2H3;1-2H2/t10-,11?;;/m0../s1. The van der Waals surface area contributed by atoms with E-state index >= 15 is 0 Å². The second-order valence-electron chi connectivity index (χ2n) is 5.22. The third-order valence-electron chi connectivity index (χ3n) is 3.77. The second-order valence-corrected chi connectivity index (χ2v) is 5.22. The van der Waals surface area contributed by atoms with E-state index in [1.54, 1.807) is 0 Å². The fourth-order valence-electron chi connectivity index (χ4n) is 2.59. The van der Waals surface area contributed by atoms with Crippen LogP contribution in [0.25, 0.3) is 0 Å². The van der Waals surface area contributed by atoms with Crippen molar-refractivity contribution in [3.8, 4) is 0 Å². The van der Waals surface area contributed by atoms with Crippen molar-refractivity contribution in [2.24, 2.45) is 11.8 Å². The molecule has 1 aliphatic carbocycles. The van der Waals surface area contributed by atoms with Gasteiger partial charge in [-0.1, -0.05) is 33.6 Å². The topological polar surface area (TPSA) is 3.24 Å². The minimum absolute atomic E-state index is 0.128. The maximum atomic E-state index is 12.7. The summed E-state index contributed by atoms with van der Waals surface area (Å²) in [5.41, 5.74) is 0. The zero-order valence-electron chi connectivity index (χ0n) is 12.9. The van der Waals surface area contributed by atoms with Crippen molar-refractivity contribution in [2.75, 3.05) is 19.6 Å². The third-order valence-corrected chi connectivity index (χ3v) is 3.77. The molecule has 19 heavy (non-hydrogen) atoms. The smallest absolute Gasteiger partial charge is 0.252 e. The van der Waals surface area contributed by atoms with Crippen LogP contribution < -0.4 is 0 Å². The predicted molar refractivity (Wildman–Crippen MR) is 79.7 cm³/mol. The molecule has 0 aromatic rings. The van der Waals surface area contributed by atoms with Gasteiger partial charge in [0.25, 0.3) is 5.92 Å². The molecule has 2 atom stereocenters. The van der Waals surface area contributed by atoms with E-state index in [1.165, 1.54) is 25.7 Å². The Labute approximate surface area is 118 Å². The minimum atomic E-state index is -2.33. The summed E-state index contributed by atoms with van der Waals surface area (Å²) in [6, 6.07) is 0. The zero-order valence-corrected chi connectivity index (χ0v) is 12.9. The van der Waals surface area contributed by atoms with Crippen molar-refractivity contribution in [1.29, 1.82) is 0 Å². The number of halogens is 2. The maximum absolute atomic E-state index is 12.7. The lowest BCUT2D eigenvalue weighted by Crippen LogP contribution is -2.24. The van der Waals surface area contributed by atoms with E-state index in [9.17, 15) is 8.78 Å². The molecule has 0 aromatic carbocycles. The molecule has 0 amide bonds. The van der Waals surface area contributed by atoms with Crippen molar-refractivity contribution >= 4 is 0 Å². The summed E-state index contributed by atoms with van der Waals surface area (Å²) in [7, 11) is 0. The summed E-state index contributed by atoms with van der Waals surface area (Å²) in [5, 5.41) is 0. The van der Waals surface area contributed by atoms with Crippen molar-refractivity contribution in [3.63, 3.8) is 0 Å². The van der Waals surface area contributed by atoms with Gasteiger partial charge in [0, 0.05) is 25.4 Å². The van der Waals surface area contributed by atoms with Crippen LogP contribution in [0.2, 0.25) is 0 Å².